The Morgan fingerprint density at radius 3 is 0.364 bits per heavy atom. The maximum absolute atomic E-state index is 8.47. The standard InChI is InChI=1S/5H2NO3.Nd.H2O/c5*2-1(3)4;;/h5*(H2,2,3,4);;1H2/q5*+1;;. The van der Waals surface area contributed by atoms with Crippen LogP contribution in [0.5, 0.6) is 0 Å². The average Bonchev–Trinajstić information content (AvgIpc) is 1.94. The van der Waals surface area contributed by atoms with Gasteiger partial charge < -0.3 is 5.48 Å². The summed E-state index contributed by atoms with van der Waals surface area (Å²) in [5.74, 6) is 0. The number of hydrogen-bond acceptors (Lipinski definition) is 5. The van der Waals surface area contributed by atoms with Gasteiger partial charge in [-0.25, -0.2) is 52.1 Å². The summed E-state index contributed by atoms with van der Waals surface area (Å²) in [6.07, 6.45) is 0. The van der Waals surface area contributed by atoms with E-state index in [4.69, 9.17) is 76.6 Å². The van der Waals surface area contributed by atoms with Gasteiger partial charge in [0.1, 0.15) is 24.5 Å². The smallest absolute Gasteiger partial charge is 0.412 e. The second kappa shape index (κ2) is 36.2. The van der Waals surface area contributed by atoms with Crippen LogP contribution in [-0.4, -0.2) is 83.0 Å². The van der Waals surface area contributed by atoms with Crippen molar-refractivity contribution in [3.8, 4) is 0 Å². The minimum Gasteiger partial charge on any atom is -0.412 e. The summed E-state index contributed by atoms with van der Waals surface area (Å²) in [4.78, 5) is 42.4. The van der Waals surface area contributed by atoms with Crippen LogP contribution in [0.4, 0.5) is 0 Å². The van der Waals surface area contributed by atoms with Crippen molar-refractivity contribution in [2.45, 2.75) is 0 Å². The minimum absolute atomic E-state index is 0. The Morgan fingerprint density at radius 1 is 0.364 bits per heavy atom. The molecule has 0 aromatic rings. The van der Waals surface area contributed by atoms with Crippen molar-refractivity contribution < 1.29 is 124 Å². The first-order valence-electron chi connectivity index (χ1n) is 2.91. The molecule has 0 amide bonds. The second-order valence-electron chi connectivity index (χ2n) is 1.26. The monoisotopic (exact) mass is 480 g/mol. The molecule has 0 aromatic carbocycles. The van der Waals surface area contributed by atoms with Crippen LogP contribution in [0.1, 0.15) is 0 Å². The van der Waals surface area contributed by atoms with Gasteiger partial charge in [0.25, 0.3) is 0 Å². The first-order valence-corrected chi connectivity index (χ1v) is 2.91. The predicted molar refractivity (Wildman–Crippen MR) is 39.6 cm³/mol. The first kappa shape index (κ1) is 42.7. The van der Waals surface area contributed by atoms with E-state index >= 15 is 0 Å². The summed E-state index contributed by atoms with van der Waals surface area (Å²) in [5, 5.41) is 62.6. The van der Waals surface area contributed by atoms with Gasteiger partial charge in [-0.3, -0.25) is 0 Å². The maximum atomic E-state index is 8.47. The molecule has 0 bridgehead atoms. The third-order valence-corrected chi connectivity index (χ3v) is 0. The summed E-state index contributed by atoms with van der Waals surface area (Å²) < 4.78 is 0. The predicted octanol–water partition coefficient (Wildman–Crippen LogP) is -3.11. The number of nitrogens with zero attached hydrogens (tertiary/aromatic N) is 5. The van der Waals surface area contributed by atoms with Crippen LogP contribution in [0.15, 0.2) is 0 Å². The van der Waals surface area contributed by atoms with Gasteiger partial charge in [-0.1, -0.05) is 0 Å². The Hall–Kier alpha value is -2.69. The maximum Gasteiger partial charge on any atom is 0.472 e. The van der Waals surface area contributed by atoms with Crippen LogP contribution >= 0.6 is 0 Å². The summed E-state index contributed by atoms with van der Waals surface area (Å²) in [6.45, 7) is 0. The SMILES string of the molecule is O.O=[N+](O)O.O=[N+](O)O.O=[N+](O)O.O=[N+](O)O.O=[N+](O)O.[Nd]. The summed E-state index contributed by atoms with van der Waals surface area (Å²) in [5.41, 5.74) is 0. The van der Waals surface area contributed by atoms with Gasteiger partial charge in [0.2, 0.25) is 0 Å². The van der Waals surface area contributed by atoms with Crippen LogP contribution in [0.25, 0.3) is 0 Å². The Kier molecular flexibility index (Phi) is 70.3. The Bertz CT molecular complexity index is 207. The summed E-state index contributed by atoms with van der Waals surface area (Å²) >= 11 is 0. The molecule has 0 spiro atoms. The number of rotatable bonds is 0. The zero-order valence-electron chi connectivity index (χ0n) is 9.75. The molecule has 0 aliphatic rings. The van der Waals surface area contributed by atoms with Crippen LogP contribution in [0.3, 0.4) is 0 Å². The van der Waals surface area contributed by atoms with Gasteiger partial charge in [-0.2, -0.15) is 0 Å². The van der Waals surface area contributed by atoms with Gasteiger partial charge in [0.15, 0.2) is 0 Å². The van der Waals surface area contributed by atoms with E-state index in [9.17, 15) is 0 Å². The molecule has 0 aromatic heterocycles. The molecule has 0 heterocycles. The van der Waals surface area contributed by atoms with Crippen molar-refractivity contribution >= 4 is 0 Å². The quantitative estimate of drug-likeness (QED) is 0.153. The molecule has 22 heavy (non-hydrogen) atoms. The molecule has 0 rings (SSSR count). The molecule has 0 unspecified atom stereocenters. The van der Waals surface area contributed by atoms with Gasteiger partial charge >= 0.3 is 25.4 Å². The van der Waals surface area contributed by atoms with Crippen molar-refractivity contribution in [1.82, 2.24) is 0 Å². The molecule has 0 radical (unpaired) electrons. The molecule has 0 saturated carbocycles. The summed E-state index contributed by atoms with van der Waals surface area (Å²) in [7, 11) is 0. The van der Waals surface area contributed by atoms with E-state index in [2.05, 4.69) is 0 Å². The molecule has 22 heteroatoms. The van der Waals surface area contributed by atoms with Gasteiger partial charge in [-0.05, 0) is 0 Å². The fourth-order valence-corrected chi connectivity index (χ4v) is 0. The van der Waals surface area contributed by atoms with Crippen LogP contribution in [0, 0.1) is 65.4 Å². The topological polar surface area (TPSA) is 334 Å². The third kappa shape index (κ3) is 637. The Balaban J connectivity index is -0.0000000250. The van der Waals surface area contributed by atoms with Crippen molar-refractivity contribution in [1.29, 1.82) is 0 Å². The third-order valence-electron chi connectivity index (χ3n) is 0. The van der Waals surface area contributed by atoms with Crippen LogP contribution in [-0.2, 0) is 0 Å². The van der Waals surface area contributed by atoms with E-state index in [1.807, 2.05) is 0 Å². The van der Waals surface area contributed by atoms with Gasteiger partial charge in [0, 0.05) is 40.8 Å². The fourth-order valence-electron chi connectivity index (χ4n) is 0. The zero-order chi connectivity index (χ0) is 17.9. The molecular formula is H12N5NdO16+5. The molecule has 0 aliphatic heterocycles. The van der Waals surface area contributed by atoms with Crippen molar-refractivity contribution in [3.05, 3.63) is 24.5 Å². The van der Waals surface area contributed by atoms with E-state index < -0.39 is 25.4 Å². The van der Waals surface area contributed by atoms with E-state index in [1.54, 1.807) is 0 Å². The van der Waals surface area contributed by atoms with Crippen molar-refractivity contribution in [2.24, 2.45) is 0 Å². The van der Waals surface area contributed by atoms with Crippen LogP contribution in [0.2, 0.25) is 0 Å². The van der Waals surface area contributed by atoms with Gasteiger partial charge in [-0.15, -0.1) is 0 Å². The normalized spacial score (nSPS) is 5.45. The molecule has 0 atom stereocenters. The van der Waals surface area contributed by atoms with Crippen molar-refractivity contribution in [3.63, 3.8) is 0 Å². The first-order chi connectivity index (χ1) is 8.66. The van der Waals surface area contributed by atoms with E-state index in [1.165, 1.54) is 0 Å². The van der Waals surface area contributed by atoms with Crippen LogP contribution < -0.4 is 0 Å². The molecule has 132 valence electrons. The van der Waals surface area contributed by atoms with E-state index in [-0.39, 0.29) is 46.3 Å². The summed E-state index contributed by atoms with van der Waals surface area (Å²) in [6, 6.07) is 0. The molecule has 0 saturated heterocycles. The fraction of sp³-hybridized carbons (Fsp3) is 0. The molecule has 12 N–H and O–H groups in total. The average molecular weight is 482 g/mol. The largest absolute Gasteiger partial charge is 0.472 e. The Morgan fingerprint density at radius 2 is 0.364 bits per heavy atom. The van der Waals surface area contributed by atoms with Crippen molar-refractivity contribution in [2.75, 3.05) is 0 Å². The molecule has 0 aliphatic carbocycles. The van der Waals surface area contributed by atoms with Gasteiger partial charge in [0.05, 0.1) is 0 Å². The van der Waals surface area contributed by atoms with E-state index in [0.29, 0.717) is 0 Å². The Labute approximate surface area is 148 Å². The second-order valence-corrected chi connectivity index (χ2v) is 1.26. The molecule has 21 nitrogen and oxygen atoms in total. The molecular weight excluding hydrogens is 470 g/mol. The minimum atomic E-state index is -1.25. The molecule has 0 fully saturated rings. The number of hydrogen-bond donors (Lipinski definition) is 10. The van der Waals surface area contributed by atoms with E-state index in [0.717, 1.165) is 0 Å². The zero-order valence-corrected chi connectivity index (χ0v) is 13.0.